The van der Waals surface area contributed by atoms with E-state index < -0.39 is 28.4 Å². The second-order valence-electron chi connectivity index (χ2n) is 9.45. The molecule has 1 aromatic heterocycles. The molecule has 0 spiro atoms. The number of fused-ring (bicyclic) bond motifs is 1. The van der Waals surface area contributed by atoms with Gasteiger partial charge in [0.25, 0.3) is 0 Å². The highest BCUT2D eigenvalue weighted by Crippen LogP contribution is 2.39. The average Bonchev–Trinajstić information content (AvgIpc) is 3.22. The van der Waals surface area contributed by atoms with Gasteiger partial charge in [0.15, 0.2) is 5.82 Å². The number of ether oxygens (including phenoxy) is 1. The van der Waals surface area contributed by atoms with E-state index in [4.69, 9.17) is 14.7 Å². The molecule has 0 saturated carbocycles. The molecular weight excluding hydrogens is 476 g/mol. The number of methoxy groups -OCH3 is 1. The molecule has 0 radical (unpaired) electrons. The van der Waals surface area contributed by atoms with Gasteiger partial charge in [-0.3, -0.25) is 4.79 Å². The van der Waals surface area contributed by atoms with E-state index in [9.17, 15) is 18.1 Å². The Balaban J connectivity index is 1.38. The van der Waals surface area contributed by atoms with Gasteiger partial charge in [-0.1, -0.05) is 0 Å². The monoisotopic (exact) mass is 505 g/mol. The number of likely N-dealkylation sites (N-methyl/N-ethyl adjacent to an activating group) is 1. The van der Waals surface area contributed by atoms with Crippen molar-refractivity contribution in [2.45, 2.75) is 48.6 Å². The van der Waals surface area contributed by atoms with Crippen LogP contribution in [0, 0.1) is 11.6 Å². The first-order chi connectivity index (χ1) is 16.8. The zero-order valence-corrected chi connectivity index (χ0v) is 20.7. The molecule has 1 aromatic carbocycles. The number of hydrogen-bond acceptors (Lipinski definition) is 7. The summed E-state index contributed by atoms with van der Waals surface area (Å²) in [5.74, 6) is 0.501. The summed E-state index contributed by atoms with van der Waals surface area (Å²) in [5, 5.41) is 3.44. The van der Waals surface area contributed by atoms with Crippen molar-refractivity contribution < 1.29 is 22.9 Å². The number of nitrogens with one attached hydrogen (secondary N) is 1. The number of anilines is 2. The van der Waals surface area contributed by atoms with Crippen LogP contribution in [0.2, 0.25) is 0 Å². The minimum absolute atomic E-state index is 0.0209. The Labute approximate surface area is 206 Å². The van der Waals surface area contributed by atoms with Crippen LogP contribution in [0.25, 0.3) is 0 Å². The van der Waals surface area contributed by atoms with Crippen molar-refractivity contribution in [2.75, 3.05) is 49.8 Å². The van der Waals surface area contributed by atoms with Gasteiger partial charge >= 0.3 is 0 Å². The molecule has 4 heterocycles. The number of carbonyl (C=O) groups excluding carboxylic acids is 1. The Hall–Kier alpha value is -2.50. The number of hydrogen-bond donors (Lipinski definition) is 1. The van der Waals surface area contributed by atoms with Gasteiger partial charge in [0.1, 0.15) is 23.1 Å². The van der Waals surface area contributed by atoms with Crippen LogP contribution in [0.5, 0.6) is 0 Å². The number of benzene rings is 1. The lowest BCUT2D eigenvalue weighted by atomic mass is 9.84. The van der Waals surface area contributed by atoms with Gasteiger partial charge in [0.05, 0.1) is 5.60 Å². The van der Waals surface area contributed by atoms with Crippen LogP contribution in [-0.4, -0.2) is 70.9 Å². The molecular formula is C24H29F2N5O3S. The number of halogens is 2. The third kappa shape index (κ3) is 4.68. The lowest BCUT2D eigenvalue weighted by Crippen LogP contribution is -2.45. The summed E-state index contributed by atoms with van der Waals surface area (Å²) in [6, 6.07) is 3.54. The summed E-state index contributed by atoms with van der Waals surface area (Å²) in [6.07, 6.45) is 2.79. The zero-order valence-electron chi connectivity index (χ0n) is 19.9. The Morgan fingerprint density at radius 1 is 1.17 bits per heavy atom. The molecule has 0 aliphatic carbocycles. The minimum Gasteiger partial charge on any atom is -0.611 e. The fraction of sp³-hybridized carbons (Fsp3) is 0.542. The van der Waals surface area contributed by atoms with Crippen LogP contribution in [0.1, 0.15) is 36.9 Å². The summed E-state index contributed by atoms with van der Waals surface area (Å²) in [6.45, 7) is 1.63. The molecule has 11 heteroatoms. The maximum Gasteiger partial charge on any atom is 0.227 e. The minimum atomic E-state index is -1.16. The predicted octanol–water partition coefficient (Wildman–Crippen LogP) is 2.59. The number of carbonyl (C=O) groups is 1. The first kappa shape index (κ1) is 24.2. The molecule has 2 saturated heterocycles. The summed E-state index contributed by atoms with van der Waals surface area (Å²) in [5.41, 5.74) is 0.477. The van der Waals surface area contributed by atoms with Crippen molar-refractivity contribution >= 4 is 28.8 Å². The number of piperidine rings is 2. The van der Waals surface area contributed by atoms with E-state index in [0.717, 1.165) is 11.8 Å². The van der Waals surface area contributed by atoms with Crippen LogP contribution in [-0.2, 0) is 32.7 Å². The molecule has 2 aromatic rings. The molecule has 5 rings (SSSR count). The summed E-state index contributed by atoms with van der Waals surface area (Å²) >= 11 is -1.16. The average molecular weight is 506 g/mol. The third-order valence-electron chi connectivity index (χ3n) is 7.28. The van der Waals surface area contributed by atoms with E-state index in [1.54, 1.807) is 19.1 Å². The fourth-order valence-electron chi connectivity index (χ4n) is 5.24. The Bertz CT molecular complexity index is 1110. The molecule has 3 aliphatic rings. The van der Waals surface area contributed by atoms with Crippen LogP contribution >= 0.6 is 0 Å². The van der Waals surface area contributed by atoms with Gasteiger partial charge < -0.3 is 24.4 Å². The molecule has 8 nitrogen and oxygen atoms in total. The van der Waals surface area contributed by atoms with Crippen LogP contribution in [0.3, 0.4) is 0 Å². The van der Waals surface area contributed by atoms with Gasteiger partial charge in [0, 0.05) is 58.7 Å². The zero-order chi connectivity index (χ0) is 24.7. The van der Waals surface area contributed by atoms with Crippen LogP contribution in [0.15, 0.2) is 23.1 Å². The van der Waals surface area contributed by atoms with Crippen LogP contribution in [0.4, 0.5) is 20.5 Å². The van der Waals surface area contributed by atoms with Gasteiger partial charge in [-0.2, -0.15) is 4.98 Å². The fourth-order valence-corrected chi connectivity index (χ4v) is 6.56. The van der Waals surface area contributed by atoms with Crippen LogP contribution < -0.4 is 10.2 Å². The SMILES string of the molecule is COC1(c2cc(F)cc(F)c2)CCN(c2nc3c(c(N[C@H]4CCC(=O)N(C)C4)n2)[S+]([O-])CC3)CC1. The maximum atomic E-state index is 13.9. The highest BCUT2D eigenvalue weighted by Gasteiger charge is 2.39. The second-order valence-corrected chi connectivity index (χ2v) is 11.0. The number of aryl methyl sites for hydroxylation is 1. The van der Waals surface area contributed by atoms with Crippen molar-refractivity contribution in [3.05, 3.63) is 41.1 Å². The third-order valence-corrected chi connectivity index (χ3v) is 8.74. The van der Waals surface area contributed by atoms with E-state index in [1.807, 2.05) is 4.90 Å². The number of likely N-dealkylation sites (tertiary alicyclic amines) is 1. The highest BCUT2D eigenvalue weighted by molar-refractivity contribution is 7.91. The number of amides is 1. The van der Waals surface area contributed by atoms with E-state index >= 15 is 0 Å². The van der Waals surface area contributed by atoms with Crippen molar-refractivity contribution in [2.24, 2.45) is 0 Å². The largest absolute Gasteiger partial charge is 0.611 e. The number of rotatable bonds is 5. The molecule has 1 unspecified atom stereocenters. The quantitative estimate of drug-likeness (QED) is 0.625. The normalized spacial score (nSPS) is 24.0. The lowest BCUT2D eigenvalue weighted by molar-refractivity contribution is -0.132. The van der Waals surface area contributed by atoms with Gasteiger partial charge in [-0.15, -0.1) is 0 Å². The van der Waals surface area contributed by atoms with Crippen molar-refractivity contribution in [1.82, 2.24) is 14.9 Å². The standard InChI is InChI=1S/C24H29F2N5O3S/c1-30-14-18(3-4-20(30)32)27-22-21-19(5-10-35(21)33)28-23(29-22)31-8-6-24(34-2,7-9-31)15-11-16(25)13-17(26)12-15/h11-13,18H,3-10,14H2,1-2H3,(H,27,28,29)/t18-,35?/m0/s1. The highest BCUT2D eigenvalue weighted by atomic mass is 32.2. The first-order valence-electron chi connectivity index (χ1n) is 11.8. The Morgan fingerprint density at radius 2 is 1.89 bits per heavy atom. The molecule has 1 N–H and O–H groups in total. The summed E-state index contributed by atoms with van der Waals surface area (Å²) in [4.78, 5) is 25.8. The molecule has 1 amide bonds. The van der Waals surface area contributed by atoms with E-state index in [2.05, 4.69) is 5.32 Å². The molecule has 2 atom stereocenters. The van der Waals surface area contributed by atoms with Crippen molar-refractivity contribution in [3.8, 4) is 0 Å². The summed E-state index contributed by atoms with van der Waals surface area (Å²) in [7, 11) is 3.35. The van der Waals surface area contributed by atoms with E-state index in [-0.39, 0.29) is 11.9 Å². The maximum absolute atomic E-state index is 13.9. The van der Waals surface area contributed by atoms with Gasteiger partial charge in [0.2, 0.25) is 16.8 Å². The molecule has 35 heavy (non-hydrogen) atoms. The van der Waals surface area contributed by atoms with Gasteiger partial charge in [-0.25, -0.2) is 13.8 Å². The smallest absolute Gasteiger partial charge is 0.227 e. The van der Waals surface area contributed by atoms with Gasteiger partial charge in [-0.05, 0) is 48.1 Å². The molecule has 188 valence electrons. The number of nitrogens with zero attached hydrogens (tertiary/aromatic N) is 4. The number of aromatic nitrogens is 2. The second kappa shape index (κ2) is 9.51. The summed E-state index contributed by atoms with van der Waals surface area (Å²) < 4.78 is 46.3. The Kier molecular flexibility index (Phi) is 6.58. The lowest BCUT2D eigenvalue weighted by Gasteiger charge is -2.41. The van der Waals surface area contributed by atoms with E-state index in [1.165, 1.54) is 12.1 Å². The molecule has 3 aliphatic heterocycles. The molecule has 0 bridgehead atoms. The topological polar surface area (TPSA) is 93.7 Å². The van der Waals surface area contributed by atoms with Crippen molar-refractivity contribution in [3.63, 3.8) is 0 Å². The van der Waals surface area contributed by atoms with Crippen molar-refractivity contribution in [1.29, 1.82) is 0 Å². The molecule has 2 fully saturated rings. The Morgan fingerprint density at radius 3 is 2.54 bits per heavy atom. The predicted molar refractivity (Wildman–Crippen MR) is 128 cm³/mol. The first-order valence-corrected chi connectivity index (χ1v) is 13.2. The van der Waals surface area contributed by atoms with E-state index in [0.29, 0.717) is 79.7 Å².